The molecule has 1 aromatic carbocycles. The molecule has 0 fully saturated rings. The van der Waals surface area contributed by atoms with Gasteiger partial charge in [0.25, 0.3) is 5.91 Å². The van der Waals surface area contributed by atoms with E-state index in [1.165, 1.54) is 0 Å². The van der Waals surface area contributed by atoms with Crippen LogP contribution in [-0.4, -0.2) is 34.2 Å². The lowest BCUT2D eigenvalue weighted by Crippen LogP contribution is -2.44. The predicted octanol–water partition coefficient (Wildman–Crippen LogP) is 3.75. The molecule has 0 heterocycles. The van der Waals surface area contributed by atoms with Gasteiger partial charge in [-0.3, -0.25) is 4.79 Å². The quantitative estimate of drug-likeness (QED) is 0.680. The van der Waals surface area contributed by atoms with E-state index in [9.17, 15) is 27.0 Å². The van der Waals surface area contributed by atoms with E-state index in [1.54, 1.807) is 34.6 Å². The fourth-order valence-corrected chi connectivity index (χ4v) is 3.30. The van der Waals surface area contributed by atoms with Gasteiger partial charge in [0.1, 0.15) is 27.3 Å². The average molecular weight is 453 g/mol. The standard InChI is InChI=1S/C18H26F3N3O5S/c1-11(2)9-14(23-16(26)29-17(3,4)5)15(25)24-30(22,27)13-8-6-7-12(10-13)28-18(19,20)21/h6-8,10-11,14H,9H2,1-5H3,(H,23,26)(H2,22,24,25,27)/t14-,30?/m0/s1. The third-order valence-corrected chi connectivity index (χ3v) is 4.68. The summed E-state index contributed by atoms with van der Waals surface area (Å²) in [7, 11) is -3.90. The van der Waals surface area contributed by atoms with Crippen molar-refractivity contribution in [3.63, 3.8) is 0 Å². The number of carbonyl (C=O) groups is 2. The van der Waals surface area contributed by atoms with Gasteiger partial charge in [-0.2, -0.15) is 0 Å². The van der Waals surface area contributed by atoms with E-state index in [0.29, 0.717) is 0 Å². The molecule has 1 unspecified atom stereocenters. The molecule has 0 aliphatic heterocycles. The van der Waals surface area contributed by atoms with Gasteiger partial charge in [-0.1, -0.05) is 19.9 Å². The highest BCUT2D eigenvalue weighted by molar-refractivity contribution is 7.91. The lowest BCUT2D eigenvalue weighted by Gasteiger charge is -2.23. The number of alkyl halides is 3. The molecule has 0 saturated carbocycles. The summed E-state index contributed by atoms with van der Waals surface area (Å²) in [5, 5.41) is 7.99. The largest absolute Gasteiger partial charge is 0.573 e. The monoisotopic (exact) mass is 453 g/mol. The van der Waals surface area contributed by atoms with Crippen LogP contribution in [0.25, 0.3) is 0 Å². The molecule has 30 heavy (non-hydrogen) atoms. The number of nitrogens with one attached hydrogen (secondary N) is 1. The summed E-state index contributed by atoms with van der Waals surface area (Å²) < 4.78 is 62.3. The number of hydrogen-bond donors (Lipinski definition) is 2. The molecule has 3 N–H and O–H groups in total. The zero-order valence-electron chi connectivity index (χ0n) is 17.3. The number of nitrogens with zero attached hydrogens (tertiary/aromatic N) is 1. The molecular weight excluding hydrogens is 427 g/mol. The Labute approximate surface area is 173 Å². The zero-order chi connectivity index (χ0) is 23.3. The molecule has 0 radical (unpaired) electrons. The molecule has 170 valence electrons. The van der Waals surface area contributed by atoms with Crippen LogP contribution in [0.5, 0.6) is 5.75 Å². The van der Waals surface area contributed by atoms with E-state index >= 15 is 0 Å². The van der Waals surface area contributed by atoms with Crippen molar-refractivity contribution in [1.29, 1.82) is 0 Å². The third kappa shape index (κ3) is 9.44. The Bertz CT molecular complexity index is 888. The molecule has 0 aliphatic carbocycles. The van der Waals surface area contributed by atoms with Crippen LogP contribution in [0.1, 0.15) is 41.0 Å². The Balaban J connectivity index is 3.16. The lowest BCUT2D eigenvalue weighted by molar-refractivity contribution is -0.274. The maximum atomic E-state index is 12.7. The van der Waals surface area contributed by atoms with Gasteiger partial charge in [-0.05, 0) is 51.3 Å². The predicted molar refractivity (Wildman–Crippen MR) is 104 cm³/mol. The maximum absolute atomic E-state index is 12.7. The number of hydrogen-bond acceptors (Lipinski definition) is 5. The first kappa shape index (κ1) is 25.7. The van der Waals surface area contributed by atoms with Crippen molar-refractivity contribution in [2.75, 3.05) is 0 Å². The first-order valence-electron chi connectivity index (χ1n) is 8.92. The molecule has 12 heteroatoms. The van der Waals surface area contributed by atoms with Crippen LogP contribution in [0.4, 0.5) is 18.0 Å². The number of amides is 2. The Morgan fingerprint density at radius 2 is 1.83 bits per heavy atom. The van der Waals surface area contributed by atoms with Crippen LogP contribution in [0, 0.1) is 5.92 Å². The number of halogens is 3. The van der Waals surface area contributed by atoms with Gasteiger partial charge in [0.05, 0.1) is 4.90 Å². The normalized spacial score (nSPS) is 15.1. The van der Waals surface area contributed by atoms with Crippen molar-refractivity contribution in [2.45, 2.75) is 63.9 Å². The van der Waals surface area contributed by atoms with Crippen molar-refractivity contribution in [3.8, 4) is 5.75 Å². The molecule has 1 aromatic rings. The van der Waals surface area contributed by atoms with Gasteiger partial charge in [-0.15, -0.1) is 17.5 Å². The topological polar surface area (TPSA) is 120 Å². The Morgan fingerprint density at radius 3 is 2.33 bits per heavy atom. The molecule has 0 aliphatic rings. The second kappa shape index (κ2) is 9.65. The number of nitrogens with two attached hydrogens (primary N) is 1. The van der Waals surface area contributed by atoms with E-state index < -0.39 is 45.7 Å². The molecule has 2 amide bonds. The van der Waals surface area contributed by atoms with Crippen LogP contribution in [0.3, 0.4) is 0 Å². The van der Waals surface area contributed by atoms with Gasteiger partial charge >= 0.3 is 12.5 Å². The van der Waals surface area contributed by atoms with E-state index in [1.807, 2.05) is 0 Å². The van der Waals surface area contributed by atoms with E-state index in [4.69, 9.17) is 9.88 Å². The van der Waals surface area contributed by atoms with Crippen LogP contribution in [0.15, 0.2) is 33.5 Å². The van der Waals surface area contributed by atoms with Gasteiger partial charge in [0, 0.05) is 0 Å². The molecule has 0 spiro atoms. The Kier molecular flexibility index (Phi) is 8.26. The SMILES string of the molecule is CC(C)C[C@H](NC(=O)OC(C)(C)C)C(=O)N=S(N)(=O)c1cccc(OC(F)(F)F)c1. The summed E-state index contributed by atoms with van der Waals surface area (Å²) in [5.41, 5.74) is -0.813. The Hall–Kier alpha value is -2.34. The fourth-order valence-electron chi connectivity index (χ4n) is 2.25. The highest BCUT2D eigenvalue weighted by Crippen LogP contribution is 2.25. The van der Waals surface area contributed by atoms with Crippen molar-refractivity contribution >= 4 is 21.9 Å². The third-order valence-electron chi connectivity index (χ3n) is 3.30. The van der Waals surface area contributed by atoms with Crippen molar-refractivity contribution in [1.82, 2.24) is 5.32 Å². The molecule has 8 nitrogen and oxygen atoms in total. The Morgan fingerprint density at radius 1 is 1.23 bits per heavy atom. The first-order valence-corrected chi connectivity index (χ1v) is 10.5. The van der Waals surface area contributed by atoms with Crippen LogP contribution in [0.2, 0.25) is 0 Å². The summed E-state index contributed by atoms with van der Waals surface area (Å²) in [6.07, 6.45) is -5.68. The lowest BCUT2D eigenvalue weighted by atomic mass is 10.0. The number of carbonyl (C=O) groups excluding carboxylic acids is 2. The minimum atomic E-state index is -4.96. The minimum absolute atomic E-state index is 0.0542. The highest BCUT2D eigenvalue weighted by Gasteiger charge is 2.31. The van der Waals surface area contributed by atoms with Crippen LogP contribution in [-0.2, 0) is 19.4 Å². The smallest absolute Gasteiger partial charge is 0.444 e. The molecule has 2 atom stereocenters. The maximum Gasteiger partial charge on any atom is 0.573 e. The summed E-state index contributed by atoms with van der Waals surface area (Å²) in [6.45, 7) is 8.49. The van der Waals surface area contributed by atoms with Gasteiger partial charge < -0.3 is 14.8 Å². The first-order chi connectivity index (χ1) is 13.5. The van der Waals surface area contributed by atoms with E-state index in [0.717, 1.165) is 24.3 Å². The van der Waals surface area contributed by atoms with Crippen LogP contribution < -0.4 is 15.2 Å². The number of benzene rings is 1. The molecule has 0 aromatic heterocycles. The van der Waals surface area contributed by atoms with Crippen molar-refractivity contribution in [2.24, 2.45) is 15.4 Å². The number of ether oxygens (including phenoxy) is 2. The van der Waals surface area contributed by atoms with Crippen molar-refractivity contribution in [3.05, 3.63) is 24.3 Å². The molecular formula is C18H26F3N3O5S. The fraction of sp³-hybridized carbons (Fsp3) is 0.556. The molecule has 0 bridgehead atoms. The number of alkyl carbamates (subject to hydrolysis) is 1. The molecule has 1 rings (SSSR count). The molecule has 0 saturated heterocycles. The second-order valence-electron chi connectivity index (χ2n) is 7.85. The van der Waals surface area contributed by atoms with E-state index in [-0.39, 0.29) is 17.2 Å². The minimum Gasteiger partial charge on any atom is -0.444 e. The van der Waals surface area contributed by atoms with Gasteiger partial charge in [0.2, 0.25) is 0 Å². The summed E-state index contributed by atoms with van der Waals surface area (Å²) in [4.78, 5) is 24.3. The van der Waals surface area contributed by atoms with Crippen LogP contribution >= 0.6 is 0 Å². The van der Waals surface area contributed by atoms with E-state index in [2.05, 4.69) is 14.4 Å². The highest BCUT2D eigenvalue weighted by atomic mass is 32.2. The number of rotatable bonds is 6. The summed E-state index contributed by atoms with van der Waals surface area (Å²) >= 11 is 0. The average Bonchev–Trinajstić information content (AvgIpc) is 2.50. The summed E-state index contributed by atoms with van der Waals surface area (Å²) in [6, 6.07) is 2.87. The second-order valence-corrected chi connectivity index (χ2v) is 9.64. The van der Waals surface area contributed by atoms with Crippen molar-refractivity contribution < 1.29 is 36.4 Å². The summed E-state index contributed by atoms with van der Waals surface area (Å²) in [5.74, 6) is -1.71. The van der Waals surface area contributed by atoms with Gasteiger partial charge in [-0.25, -0.2) is 14.1 Å². The van der Waals surface area contributed by atoms with Gasteiger partial charge in [0.15, 0.2) is 0 Å². The zero-order valence-corrected chi connectivity index (χ0v) is 18.1.